The van der Waals surface area contributed by atoms with Crippen LogP contribution in [0.4, 0.5) is 0 Å². The van der Waals surface area contributed by atoms with Gasteiger partial charge in [-0.2, -0.15) is 0 Å². The van der Waals surface area contributed by atoms with Gasteiger partial charge in [-0.15, -0.1) is 11.3 Å². The highest BCUT2D eigenvalue weighted by atomic mass is 32.1. The summed E-state index contributed by atoms with van der Waals surface area (Å²) in [6.07, 6.45) is 0.996. The zero-order valence-electron chi connectivity index (χ0n) is 11.8. The van der Waals surface area contributed by atoms with Crippen LogP contribution in [0.15, 0.2) is 17.5 Å². The third kappa shape index (κ3) is 3.82. The van der Waals surface area contributed by atoms with Gasteiger partial charge in [-0.1, -0.05) is 13.0 Å². The standard InChI is InChI=1S/C14H24N2OS/c1-5-12(13-9-8-10-18-13)15-11(4)14(17)16(6-2)7-3/h8-12,15H,5-7H2,1-4H3. The number of hydrogen-bond donors (Lipinski definition) is 1. The SMILES string of the molecule is CCC(NC(C)C(=O)N(CC)CC)c1cccs1. The molecule has 0 saturated heterocycles. The predicted octanol–water partition coefficient (Wildman–Crippen LogP) is 3.05. The summed E-state index contributed by atoms with van der Waals surface area (Å²) in [7, 11) is 0. The van der Waals surface area contributed by atoms with E-state index >= 15 is 0 Å². The summed E-state index contributed by atoms with van der Waals surface area (Å²) in [4.78, 5) is 15.4. The Morgan fingerprint density at radius 2 is 2.06 bits per heavy atom. The van der Waals surface area contributed by atoms with E-state index in [0.29, 0.717) is 0 Å². The van der Waals surface area contributed by atoms with Crippen molar-refractivity contribution in [2.45, 2.75) is 46.2 Å². The van der Waals surface area contributed by atoms with E-state index in [0.717, 1.165) is 19.5 Å². The van der Waals surface area contributed by atoms with Crippen LogP contribution in [0, 0.1) is 0 Å². The average molecular weight is 268 g/mol. The molecule has 1 aromatic heterocycles. The number of nitrogens with zero attached hydrogens (tertiary/aromatic N) is 1. The van der Waals surface area contributed by atoms with Gasteiger partial charge in [0.15, 0.2) is 0 Å². The zero-order chi connectivity index (χ0) is 13.5. The molecule has 1 aromatic rings. The third-order valence-corrected chi connectivity index (χ3v) is 4.18. The number of carbonyl (C=O) groups is 1. The van der Waals surface area contributed by atoms with Gasteiger partial charge in [0.25, 0.3) is 0 Å². The molecule has 0 fully saturated rings. The Bertz CT molecular complexity index is 347. The molecule has 0 aromatic carbocycles. The van der Waals surface area contributed by atoms with Crippen molar-refractivity contribution < 1.29 is 4.79 Å². The van der Waals surface area contributed by atoms with Crippen molar-refractivity contribution in [1.29, 1.82) is 0 Å². The van der Waals surface area contributed by atoms with E-state index in [1.54, 1.807) is 11.3 Å². The molecule has 2 unspecified atom stereocenters. The van der Waals surface area contributed by atoms with Crippen LogP contribution in [0.1, 0.15) is 45.0 Å². The minimum Gasteiger partial charge on any atom is -0.342 e. The summed E-state index contributed by atoms with van der Waals surface area (Å²) >= 11 is 1.74. The summed E-state index contributed by atoms with van der Waals surface area (Å²) < 4.78 is 0. The average Bonchev–Trinajstić information content (AvgIpc) is 2.90. The number of thiophene rings is 1. The maximum Gasteiger partial charge on any atom is 0.239 e. The number of nitrogens with one attached hydrogen (secondary N) is 1. The molecule has 1 rings (SSSR count). The quantitative estimate of drug-likeness (QED) is 0.824. The first-order valence-corrected chi connectivity index (χ1v) is 7.60. The molecule has 1 amide bonds. The maximum absolute atomic E-state index is 12.2. The van der Waals surface area contributed by atoms with Crippen molar-refractivity contribution in [3.63, 3.8) is 0 Å². The summed E-state index contributed by atoms with van der Waals surface area (Å²) in [6, 6.07) is 4.33. The molecule has 0 aliphatic heterocycles. The van der Waals surface area contributed by atoms with Gasteiger partial charge in [-0.25, -0.2) is 0 Å². The summed E-state index contributed by atoms with van der Waals surface area (Å²) in [5, 5.41) is 5.52. The van der Waals surface area contributed by atoms with E-state index in [4.69, 9.17) is 0 Å². The lowest BCUT2D eigenvalue weighted by atomic mass is 10.1. The van der Waals surface area contributed by atoms with Crippen molar-refractivity contribution in [3.05, 3.63) is 22.4 Å². The lowest BCUT2D eigenvalue weighted by Gasteiger charge is -2.26. The molecule has 4 heteroatoms. The van der Waals surface area contributed by atoms with Gasteiger partial charge in [-0.05, 0) is 38.6 Å². The van der Waals surface area contributed by atoms with Gasteiger partial charge >= 0.3 is 0 Å². The van der Waals surface area contributed by atoms with E-state index in [-0.39, 0.29) is 18.0 Å². The second-order valence-electron chi connectivity index (χ2n) is 4.38. The smallest absolute Gasteiger partial charge is 0.239 e. The minimum atomic E-state index is -0.128. The fourth-order valence-corrected chi connectivity index (χ4v) is 2.94. The van der Waals surface area contributed by atoms with E-state index in [1.807, 2.05) is 25.7 Å². The lowest BCUT2D eigenvalue weighted by molar-refractivity contribution is -0.132. The Labute approximate surface area is 114 Å². The number of carbonyl (C=O) groups excluding carboxylic acids is 1. The Morgan fingerprint density at radius 1 is 1.39 bits per heavy atom. The second-order valence-corrected chi connectivity index (χ2v) is 5.35. The predicted molar refractivity (Wildman–Crippen MR) is 77.9 cm³/mol. The van der Waals surface area contributed by atoms with Gasteiger partial charge < -0.3 is 4.90 Å². The van der Waals surface area contributed by atoms with Crippen molar-refractivity contribution in [3.8, 4) is 0 Å². The fraction of sp³-hybridized carbons (Fsp3) is 0.643. The van der Waals surface area contributed by atoms with Crippen LogP contribution in [-0.2, 0) is 4.79 Å². The summed E-state index contributed by atoms with van der Waals surface area (Å²) in [6.45, 7) is 9.69. The highest BCUT2D eigenvalue weighted by Gasteiger charge is 2.21. The second kappa shape index (κ2) is 7.54. The van der Waals surface area contributed by atoms with E-state index in [1.165, 1.54) is 4.88 Å². The number of likely N-dealkylation sites (N-methyl/N-ethyl adjacent to an activating group) is 1. The monoisotopic (exact) mass is 268 g/mol. The first kappa shape index (κ1) is 15.2. The van der Waals surface area contributed by atoms with Crippen LogP contribution in [0.2, 0.25) is 0 Å². The Morgan fingerprint density at radius 3 is 2.50 bits per heavy atom. The number of hydrogen-bond acceptors (Lipinski definition) is 3. The normalized spacial score (nSPS) is 14.2. The van der Waals surface area contributed by atoms with Crippen molar-refractivity contribution in [2.24, 2.45) is 0 Å². The van der Waals surface area contributed by atoms with Crippen molar-refractivity contribution >= 4 is 17.2 Å². The van der Waals surface area contributed by atoms with Crippen LogP contribution in [0.25, 0.3) is 0 Å². The van der Waals surface area contributed by atoms with Gasteiger partial charge in [0, 0.05) is 24.0 Å². The number of amides is 1. The molecule has 18 heavy (non-hydrogen) atoms. The van der Waals surface area contributed by atoms with Gasteiger partial charge in [0.2, 0.25) is 5.91 Å². The minimum absolute atomic E-state index is 0.128. The van der Waals surface area contributed by atoms with Crippen molar-refractivity contribution in [1.82, 2.24) is 10.2 Å². The third-order valence-electron chi connectivity index (χ3n) is 3.19. The highest BCUT2D eigenvalue weighted by Crippen LogP contribution is 2.22. The highest BCUT2D eigenvalue weighted by molar-refractivity contribution is 7.10. The van der Waals surface area contributed by atoms with Gasteiger partial charge in [0.05, 0.1) is 6.04 Å². The first-order valence-electron chi connectivity index (χ1n) is 6.72. The van der Waals surface area contributed by atoms with E-state index in [9.17, 15) is 4.79 Å². The molecule has 1 heterocycles. The maximum atomic E-state index is 12.2. The molecule has 0 aliphatic carbocycles. The van der Waals surface area contributed by atoms with E-state index < -0.39 is 0 Å². The molecule has 0 saturated carbocycles. The molecular weight excluding hydrogens is 244 g/mol. The summed E-state index contributed by atoms with van der Waals surface area (Å²) in [5.41, 5.74) is 0. The van der Waals surface area contributed by atoms with Crippen molar-refractivity contribution in [2.75, 3.05) is 13.1 Å². The first-order chi connectivity index (χ1) is 8.63. The van der Waals surface area contributed by atoms with E-state index in [2.05, 4.69) is 29.8 Å². The fourth-order valence-electron chi connectivity index (χ4n) is 2.07. The van der Waals surface area contributed by atoms with Gasteiger partial charge in [-0.3, -0.25) is 10.1 Å². The zero-order valence-corrected chi connectivity index (χ0v) is 12.6. The summed E-state index contributed by atoms with van der Waals surface area (Å²) in [5.74, 6) is 0.190. The van der Waals surface area contributed by atoms with Crippen LogP contribution < -0.4 is 5.32 Å². The number of rotatable bonds is 7. The van der Waals surface area contributed by atoms with Gasteiger partial charge in [0.1, 0.15) is 0 Å². The van der Waals surface area contributed by atoms with Crippen LogP contribution in [0.5, 0.6) is 0 Å². The largest absolute Gasteiger partial charge is 0.342 e. The molecular formula is C14H24N2OS. The molecule has 3 nitrogen and oxygen atoms in total. The topological polar surface area (TPSA) is 32.3 Å². The molecule has 0 aliphatic rings. The lowest BCUT2D eigenvalue weighted by Crippen LogP contribution is -2.45. The van der Waals surface area contributed by atoms with Crippen LogP contribution in [0.3, 0.4) is 0 Å². The molecule has 0 radical (unpaired) electrons. The molecule has 1 N–H and O–H groups in total. The Kier molecular flexibility index (Phi) is 6.36. The van der Waals surface area contributed by atoms with Crippen LogP contribution in [-0.4, -0.2) is 29.9 Å². The molecule has 102 valence electrons. The molecule has 2 atom stereocenters. The molecule has 0 spiro atoms. The molecule has 0 bridgehead atoms. The van der Waals surface area contributed by atoms with Crippen LogP contribution >= 0.6 is 11.3 Å². The Balaban J connectivity index is 2.62. The Hall–Kier alpha value is -0.870.